The molecule has 0 spiro atoms. The molecule has 0 aliphatic rings. The number of nitrogens with zero attached hydrogens (tertiary/aromatic N) is 4. The van der Waals surface area contributed by atoms with Crippen molar-refractivity contribution in [2.45, 2.75) is 20.5 Å². The summed E-state index contributed by atoms with van der Waals surface area (Å²) in [7, 11) is 1.56. The van der Waals surface area contributed by atoms with Gasteiger partial charge in [0.05, 0.1) is 24.1 Å². The SMILES string of the molecule is COc1ccc(Br)cc1-c1nc(COC(=O)c2nnn(-c3ccc(F)cc3)c2C)c(C)o1. The summed E-state index contributed by atoms with van der Waals surface area (Å²) in [5.74, 6) is 0.450. The molecule has 0 fully saturated rings. The molecule has 2 heterocycles. The van der Waals surface area contributed by atoms with Crippen molar-refractivity contribution >= 4 is 21.9 Å². The Morgan fingerprint density at radius 3 is 2.66 bits per heavy atom. The predicted octanol–water partition coefficient (Wildman–Crippen LogP) is 4.81. The first-order valence-corrected chi connectivity index (χ1v) is 10.3. The number of rotatable bonds is 6. The van der Waals surface area contributed by atoms with Gasteiger partial charge in [-0.1, -0.05) is 21.1 Å². The molecule has 32 heavy (non-hydrogen) atoms. The van der Waals surface area contributed by atoms with E-state index in [9.17, 15) is 9.18 Å². The number of hydrogen-bond acceptors (Lipinski definition) is 7. The lowest BCUT2D eigenvalue weighted by molar-refractivity contribution is 0.0459. The molecule has 0 amide bonds. The highest BCUT2D eigenvalue weighted by atomic mass is 79.9. The van der Waals surface area contributed by atoms with Gasteiger partial charge in [-0.25, -0.2) is 18.9 Å². The standard InChI is InChI=1S/C22H18BrFN4O4/c1-12-20(26-27-28(12)16-7-5-15(24)6-8-16)22(29)31-11-18-13(2)32-21(25-18)17-10-14(23)4-9-19(17)30-3/h4-10H,11H2,1-3H3. The number of methoxy groups -OCH3 is 1. The van der Waals surface area contributed by atoms with Crippen molar-refractivity contribution < 1.29 is 23.1 Å². The molecule has 164 valence electrons. The number of carbonyl (C=O) groups excluding carboxylic acids is 1. The topological polar surface area (TPSA) is 92.3 Å². The molecule has 4 rings (SSSR count). The smallest absolute Gasteiger partial charge is 0.361 e. The van der Waals surface area contributed by atoms with Crippen molar-refractivity contribution in [3.05, 3.63) is 75.6 Å². The first-order valence-electron chi connectivity index (χ1n) is 9.53. The highest BCUT2D eigenvalue weighted by Crippen LogP contribution is 2.33. The van der Waals surface area contributed by atoms with Gasteiger partial charge in [0.25, 0.3) is 0 Å². The maximum Gasteiger partial charge on any atom is 0.361 e. The second-order valence-corrected chi connectivity index (χ2v) is 7.77. The molecule has 10 heteroatoms. The molecule has 0 atom stereocenters. The number of oxazole rings is 1. The van der Waals surface area contributed by atoms with E-state index < -0.39 is 5.97 Å². The van der Waals surface area contributed by atoms with E-state index in [1.165, 1.54) is 16.8 Å². The molecule has 0 saturated heterocycles. The first-order chi connectivity index (χ1) is 15.4. The number of aromatic nitrogens is 4. The minimum atomic E-state index is -0.653. The Hall–Kier alpha value is -3.53. The summed E-state index contributed by atoms with van der Waals surface area (Å²) in [5.41, 5.74) is 2.25. The lowest BCUT2D eigenvalue weighted by atomic mass is 10.2. The van der Waals surface area contributed by atoms with E-state index in [2.05, 4.69) is 31.2 Å². The van der Waals surface area contributed by atoms with Gasteiger partial charge in [-0.15, -0.1) is 5.10 Å². The Labute approximate surface area is 191 Å². The number of esters is 1. The van der Waals surface area contributed by atoms with Crippen LogP contribution in [0.15, 0.2) is 51.4 Å². The largest absolute Gasteiger partial charge is 0.496 e. The molecule has 0 unspecified atom stereocenters. The Kier molecular flexibility index (Phi) is 6.04. The molecule has 8 nitrogen and oxygen atoms in total. The summed E-state index contributed by atoms with van der Waals surface area (Å²) in [6, 6.07) is 11.2. The van der Waals surface area contributed by atoms with Crippen LogP contribution in [0.25, 0.3) is 17.1 Å². The van der Waals surface area contributed by atoms with Crippen LogP contribution in [0.3, 0.4) is 0 Å². The second kappa shape index (κ2) is 8.91. The van der Waals surface area contributed by atoms with E-state index >= 15 is 0 Å². The molecule has 0 N–H and O–H groups in total. The third kappa shape index (κ3) is 4.26. The van der Waals surface area contributed by atoms with Gasteiger partial charge in [-0.2, -0.15) is 0 Å². The van der Waals surface area contributed by atoms with E-state index in [-0.39, 0.29) is 18.1 Å². The fourth-order valence-corrected chi connectivity index (χ4v) is 3.43. The highest BCUT2D eigenvalue weighted by molar-refractivity contribution is 9.10. The summed E-state index contributed by atoms with van der Waals surface area (Å²) in [4.78, 5) is 17.0. The fraction of sp³-hybridized carbons (Fsp3) is 0.182. The summed E-state index contributed by atoms with van der Waals surface area (Å²) in [5, 5.41) is 7.88. The summed E-state index contributed by atoms with van der Waals surface area (Å²) in [6.07, 6.45) is 0. The zero-order valence-electron chi connectivity index (χ0n) is 17.4. The molecule has 0 radical (unpaired) electrons. The van der Waals surface area contributed by atoms with Gasteiger partial charge in [0, 0.05) is 4.47 Å². The van der Waals surface area contributed by atoms with Gasteiger partial charge < -0.3 is 13.9 Å². The van der Waals surface area contributed by atoms with Gasteiger partial charge in [0.2, 0.25) is 5.89 Å². The molecule has 4 aromatic rings. The zero-order chi connectivity index (χ0) is 22.8. The van der Waals surface area contributed by atoms with Crippen LogP contribution in [0.2, 0.25) is 0 Å². The number of ether oxygens (including phenoxy) is 2. The van der Waals surface area contributed by atoms with Crippen LogP contribution in [-0.2, 0) is 11.3 Å². The molecular weight excluding hydrogens is 483 g/mol. The quantitative estimate of drug-likeness (QED) is 0.351. The lowest BCUT2D eigenvalue weighted by Crippen LogP contribution is -2.09. The summed E-state index contributed by atoms with van der Waals surface area (Å²) < 4.78 is 32.0. The zero-order valence-corrected chi connectivity index (χ0v) is 19.0. The lowest BCUT2D eigenvalue weighted by Gasteiger charge is -2.05. The van der Waals surface area contributed by atoms with E-state index in [4.69, 9.17) is 13.9 Å². The normalized spacial score (nSPS) is 10.9. The Bertz CT molecular complexity index is 1280. The van der Waals surface area contributed by atoms with E-state index in [0.717, 1.165) is 4.47 Å². The Morgan fingerprint density at radius 2 is 1.94 bits per heavy atom. The first kappa shape index (κ1) is 21.7. The van der Waals surface area contributed by atoms with Crippen LogP contribution in [0.4, 0.5) is 4.39 Å². The molecule has 2 aromatic heterocycles. The van der Waals surface area contributed by atoms with Crippen LogP contribution in [0, 0.1) is 19.7 Å². The Morgan fingerprint density at radius 1 is 1.19 bits per heavy atom. The van der Waals surface area contributed by atoms with Gasteiger partial charge in [-0.05, 0) is 56.3 Å². The summed E-state index contributed by atoms with van der Waals surface area (Å²) >= 11 is 3.43. The fourth-order valence-electron chi connectivity index (χ4n) is 3.07. The average molecular weight is 501 g/mol. The van der Waals surface area contributed by atoms with Crippen molar-refractivity contribution in [1.82, 2.24) is 20.0 Å². The minimum absolute atomic E-state index is 0.0596. The van der Waals surface area contributed by atoms with E-state index in [1.54, 1.807) is 39.2 Å². The number of benzene rings is 2. The summed E-state index contributed by atoms with van der Waals surface area (Å²) in [6.45, 7) is 3.31. The third-order valence-corrected chi connectivity index (χ3v) is 5.28. The van der Waals surface area contributed by atoms with Crippen molar-refractivity contribution in [1.29, 1.82) is 0 Å². The number of hydrogen-bond donors (Lipinski definition) is 0. The average Bonchev–Trinajstić information content (AvgIpc) is 3.35. The molecule has 0 aliphatic heterocycles. The van der Waals surface area contributed by atoms with E-state index in [0.29, 0.717) is 40.0 Å². The van der Waals surface area contributed by atoms with Gasteiger partial charge in [-0.3, -0.25) is 0 Å². The monoisotopic (exact) mass is 500 g/mol. The highest BCUT2D eigenvalue weighted by Gasteiger charge is 2.21. The van der Waals surface area contributed by atoms with Crippen LogP contribution >= 0.6 is 15.9 Å². The van der Waals surface area contributed by atoms with Crippen molar-refractivity contribution in [2.24, 2.45) is 0 Å². The van der Waals surface area contributed by atoms with Crippen LogP contribution in [0.1, 0.15) is 27.6 Å². The molecular formula is C22H18BrFN4O4. The third-order valence-electron chi connectivity index (χ3n) is 4.78. The predicted molar refractivity (Wildman–Crippen MR) is 116 cm³/mol. The van der Waals surface area contributed by atoms with Crippen molar-refractivity contribution in [2.75, 3.05) is 7.11 Å². The van der Waals surface area contributed by atoms with Crippen molar-refractivity contribution in [3.8, 4) is 22.9 Å². The van der Waals surface area contributed by atoms with Gasteiger partial charge in [0.1, 0.15) is 29.6 Å². The molecule has 0 aliphatic carbocycles. The number of carbonyl (C=O) groups is 1. The van der Waals surface area contributed by atoms with Crippen LogP contribution in [-0.4, -0.2) is 33.1 Å². The maximum absolute atomic E-state index is 13.2. The Balaban J connectivity index is 1.51. The van der Waals surface area contributed by atoms with Crippen molar-refractivity contribution in [3.63, 3.8) is 0 Å². The molecule has 0 bridgehead atoms. The van der Waals surface area contributed by atoms with Crippen LogP contribution in [0.5, 0.6) is 5.75 Å². The second-order valence-electron chi connectivity index (χ2n) is 6.85. The van der Waals surface area contributed by atoms with E-state index in [1.807, 2.05) is 12.1 Å². The molecule has 2 aromatic carbocycles. The molecule has 0 saturated carbocycles. The number of halogens is 2. The number of aryl methyl sites for hydroxylation is 1. The minimum Gasteiger partial charge on any atom is -0.496 e. The van der Waals surface area contributed by atoms with Gasteiger partial charge >= 0.3 is 5.97 Å². The van der Waals surface area contributed by atoms with Crippen LogP contribution < -0.4 is 4.74 Å². The van der Waals surface area contributed by atoms with Gasteiger partial charge in [0.15, 0.2) is 5.69 Å². The maximum atomic E-state index is 13.2.